The van der Waals surface area contributed by atoms with Gasteiger partial charge in [0, 0.05) is 6.54 Å². The summed E-state index contributed by atoms with van der Waals surface area (Å²) < 4.78 is 6.08. The Labute approximate surface area is 103 Å². The van der Waals surface area contributed by atoms with E-state index in [2.05, 4.69) is 21.1 Å². The highest BCUT2D eigenvalue weighted by molar-refractivity contribution is 9.18. The van der Waals surface area contributed by atoms with Crippen LogP contribution in [-0.4, -0.2) is 40.4 Å². The van der Waals surface area contributed by atoms with Crippen LogP contribution in [0.25, 0.3) is 0 Å². The molecule has 2 aliphatic heterocycles. The van der Waals surface area contributed by atoms with Crippen molar-refractivity contribution in [2.24, 2.45) is 11.1 Å². The largest absolute Gasteiger partial charge is 0.444 e. The molecule has 2 atom stereocenters. The third kappa shape index (κ3) is 2.31. The van der Waals surface area contributed by atoms with Crippen molar-refractivity contribution in [3.8, 4) is 0 Å². The van der Waals surface area contributed by atoms with E-state index in [0.29, 0.717) is 13.1 Å². The molecular formula is C10H15BrN2O3. The lowest BCUT2D eigenvalue weighted by atomic mass is 10.1. The Morgan fingerprint density at radius 2 is 2.25 bits per heavy atom. The zero-order chi connectivity index (χ0) is 11.9. The zero-order valence-electron chi connectivity index (χ0n) is 9.57. The van der Waals surface area contributed by atoms with E-state index in [1.165, 1.54) is 0 Å². The van der Waals surface area contributed by atoms with Gasteiger partial charge in [-0.05, 0) is 36.7 Å². The van der Waals surface area contributed by atoms with E-state index in [0.717, 1.165) is 4.62 Å². The first-order chi connectivity index (χ1) is 7.37. The molecule has 0 aromatic carbocycles. The number of rotatable bonds is 0. The van der Waals surface area contributed by atoms with Gasteiger partial charge in [-0.3, -0.25) is 0 Å². The fourth-order valence-corrected chi connectivity index (χ4v) is 2.29. The Balaban J connectivity index is 1.94. The number of carbonyl (C=O) groups is 1. The predicted octanol–water partition coefficient (Wildman–Crippen LogP) is 1.96. The molecule has 90 valence electrons. The molecule has 1 fully saturated rings. The molecule has 2 rings (SSSR count). The van der Waals surface area contributed by atoms with E-state index < -0.39 is 5.60 Å². The quantitative estimate of drug-likeness (QED) is 0.685. The first-order valence-corrected chi connectivity index (χ1v) is 6.03. The fourth-order valence-electron chi connectivity index (χ4n) is 1.77. The molecule has 1 saturated heterocycles. The molecule has 5 nitrogen and oxygen atoms in total. The average Bonchev–Trinajstić information content (AvgIpc) is 2.65. The van der Waals surface area contributed by atoms with Crippen molar-refractivity contribution in [1.82, 2.24) is 4.90 Å². The monoisotopic (exact) mass is 290 g/mol. The summed E-state index contributed by atoms with van der Waals surface area (Å²) >= 11 is 3.33. The third-order valence-electron chi connectivity index (χ3n) is 2.50. The highest BCUT2D eigenvalue weighted by atomic mass is 79.9. The van der Waals surface area contributed by atoms with Crippen molar-refractivity contribution >= 4 is 26.6 Å². The van der Waals surface area contributed by atoms with E-state index in [1.807, 2.05) is 20.8 Å². The lowest BCUT2D eigenvalue weighted by Gasteiger charge is -2.24. The molecule has 0 aromatic rings. The number of hydrogen-bond acceptors (Lipinski definition) is 4. The minimum atomic E-state index is -0.457. The first-order valence-electron chi connectivity index (χ1n) is 5.24. The van der Waals surface area contributed by atoms with Crippen LogP contribution < -0.4 is 0 Å². The number of likely N-dealkylation sites (tertiary alicyclic amines) is 1. The van der Waals surface area contributed by atoms with E-state index in [-0.39, 0.29) is 18.1 Å². The minimum Gasteiger partial charge on any atom is -0.444 e. The number of amides is 1. The Bertz CT molecular complexity index is 337. The minimum absolute atomic E-state index is 0.0260. The van der Waals surface area contributed by atoms with E-state index >= 15 is 0 Å². The van der Waals surface area contributed by atoms with Crippen molar-refractivity contribution in [3.63, 3.8) is 0 Å². The molecule has 6 heteroatoms. The van der Waals surface area contributed by atoms with Crippen LogP contribution in [0.1, 0.15) is 20.8 Å². The maximum Gasteiger partial charge on any atom is 0.410 e. The van der Waals surface area contributed by atoms with Crippen LogP contribution in [0, 0.1) is 5.92 Å². The van der Waals surface area contributed by atoms with Crippen LogP contribution in [0.15, 0.2) is 5.16 Å². The van der Waals surface area contributed by atoms with Crippen LogP contribution in [0.3, 0.4) is 0 Å². The van der Waals surface area contributed by atoms with Crippen LogP contribution in [-0.2, 0) is 9.57 Å². The molecular weight excluding hydrogens is 276 g/mol. The highest BCUT2D eigenvalue weighted by Gasteiger charge is 2.44. The van der Waals surface area contributed by atoms with Gasteiger partial charge >= 0.3 is 6.09 Å². The summed E-state index contributed by atoms with van der Waals surface area (Å²) in [7, 11) is 0. The molecule has 0 unspecified atom stereocenters. The molecule has 0 radical (unpaired) electrons. The van der Waals surface area contributed by atoms with Gasteiger partial charge in [0.15, 0.2) is 6.10 Å². The smallest absolute Gasteiger partial charge is 0.410 e. The third-order valence-corrected chi connectivity index (χ3v) is 3.23. The summed E-state index contributed by atoms with van der Waals surface area (Å²) in [6.45, 7) is 6.71. The molecule has 0 aliphatic carbocycles. The molecule has 0 aromatic heterocycles. The SMILES string of the molecule is CC(C)(C)OC(=O)N1C[C@@H]2C(Br)=NO[C@@H]2C1. The van der Waals surface area contributed by atoms with Crippen LogP contribution in [0.4, 0.5) is 4.79 Å². The molecule has 0 N–H and O–H groups in total. The number of hydrogen-bond donors (Lipinski definition) is 0. The molecule has 1 amide bonds. The zero-order valence-corrected chi connectivity index (χ0v) is 11.2. The maximum absolute atomic E-state index is 11.8. The molecule has 0 spiro atoms. The summed E-state index contributed by atoms with van der Waals surface area (Å²) in [5, 5.41) is 3.84. The van der Waals surface area contributed by atoms with Gasteiger partial charge in [-0.25, -0.2) is 4.79 Å². The van der Waals surface area contributed by atoms with E-state index in [1.54, 1.807) is 4.90 Å². The Morgan fingerprint density at radius 3 is 2.81 bits per heavy atom. The standard InChI is InChI=1S/C10H15BrN2O3/c1-10(2,3)15-9(14)13-4-6-7(5-13)16-12-8(6)11/h6-7H,4-5H2,1-3H3/t6-,7+/m0/s1. The number of ether oxygens (including phenoxy) is 1. The van der Waals surface area contributed by atoms with Gasteiger partial charge in [0.2, 0.25) is 0 Å². The summed E-state index contributed by atoms with van der Waals surface area (Å²) in [6.07, 6.45) is -0.312. The van der Waals surface area contributed by atoms with Crippen molar-refractivity contribution in [2.75, 3.05) is 13.1 Å². The van der Waals surface area contributed by atoms with Crippen molar-refractivity contribution in [3.05, 3.63) is 0 Å². The van der Waals surface area contributed by atoms with Gasteiger partial charge in [0.25, 0.3) is 0 Å². The number of halogens is 1. The summed E-state index contributed by atoms with van der Waals surface area (Å²) in [5.41, 5.74) is -0.457. The van der Waals surface area contributed by atoms with Crippen molar-refractivity contribution in [1.29, 1.82) is 0 Å². The molecule has 2 heterocycles. The van der Waals surface area contributed by atoms with Gasteiger partial charge in [-0.1, -0.05) is 5.16 Å². The van der Waals surface area contributed by atoms with Gasteiger partial charge in [0.05, 0.1) is 12.5 Å². The summed E-state index contributed by atoms with van der Waals surface area (Å²) in [6, 6.07) is 0. The predicted molar refractivity (Wildman–Crippen MR) is 62.5 cm³/mol. The molecule has 16 heavy (non-hydrogen) atoms. The molecule has 2 aliphatic rings. The van der Waals surface area contributed by atoms with Gasteiger partial charge in [-0.2, -0.15) is 0 Å². The van der Waals surface area contributed by atoms with Crippen molar-refractivity contribution in [2.45, 2.75) is 32.5 Å². The second-order valence-electron chi connectivity index (χ2n) is 5.05. The maximum atomic E-state index is 11.8. The molecule has 0 bridgehead atoms. The van der Waals surface area contributed by atoms with E-state index in [9.17, 15) is 4.79 Å². The van der Waals surface area contributed by atoms with Crippen LogP contribution in [0.5, 0.6) is 0 Å². The second-order valence-corrected chi connectivity index (χ2v) is 5.86. The number of carbonyl (C=O) groups excluding carboxylic acids is 1. The fraction of sp³-hybridized carbons (Fsp3) is 0.800. The topological polar surface area (TPSA) is 51.1 Å². The summed E-state index contributed by atoms with van der Waals surface area (Å²) in [4.78, 5) is 18.6. The van der Waals surface area contributed by atoms with E-state index in [4.69, 9.17) is 9.57 Å². The highest BCUT2D eigenvalue weighted by Crippen LogP contribution is 2.30. The average molecular weight is 291 g/mol. The summed E-state index contributed by atoms with van der Waals surface area (Å²) in [5.74, 6) is 0.160. The van der Waals surface area contributed by atoms with Gasteiger partial charge < -0.3 is 14.5 Å². The number of fused-ring (bicyclic) bond motifs is 1. The van der Waals surface area contributed by atoms with Crippen LogP contribution >= 0.6 is 15.9 Å². The van der Waals surface area contributed by atoms with Gasteiger partial charge in [0.1, 0.15) is 10.2 Å². The Hall–Kier alpha value is -0.780. The van der Waals surface area contributed by atoms with Gasteiger partial charge in [-0.15, -0.1) is 0 Å². The van der Waals surface area contributed by atoms with Crippen molar-refractivity contribution < 1.29 is 14.4 Å². The van der Waals surface area contributed by atoms with Crippen LogP contribution in [0.2, 0.25) is 0 Å². The number of nitrogens with zero attached hydrogens (tertiary/aromatic N) is 2. The Kier molecular flexibility index (Phi) is 2.86. The number of oxime groups is 1. The Morgan fingerprint density at radius 1 is 1.56 bits per heavy atom. The lowest BCUT2D eigenvalue weighted by molar-refractivity contribution is 0.0228. The first kappa shape index (κ1) is 11.7. The normalized spacial score (nSPS) is 28.5. The lowest BCUT2D eigenvalue weighted by Crippen LogP contribution is -2.36. The second kappa shape index (κ2) is 3.91. The molecule has 0 saturated carbocycles.